The number of hydrogen-bond acceptors (Lipinski definition) is 3. The first-order valence-electron chi connectivity index (χ1n) is 6.95. The summed E-state index contributed by atoms with van der Waals surface area (Å²) in [6.07, 6.45) is 1.85. The summed E-state index contributed by atoms with van der Waals surface area (Å²) in [5.74, 6) is -2.53. The number of carbonyl (C=O) groups excluding carboxylic acids is 1. The van der Waals surface area contributed by atoms with E-state index in [0.29, 0.717) is 17.8 Å². The molecule has 1 aromatic heterocycles. The number of carboxylic acid groups (broad SMARTS) is 1. The van der Waals surface area contributed by atoms with E-state index in [9.17, 15) is 14.0 Å². The number of rotatable bonds is 5. The highest BCUT2D eigenvalue weighted by atomic mass is 35.5. The second-order valence-corrected chi connectivity index (χ2v) is 5.81. The van der Waals surface area contributed by atoms with Gasteiger partial charge in [-0.25, -0.2) is 9.07 Å². The number of carboxylic acids is 1. The number of halogens is 2. The summed E-state index contributed by atoms with van der Waals surface area (Å²) in [5.41, 5.74) is 0.640. The fourth-order valence-electron chi connectivity index (χ4n) is 2.35. The number of nitrogens with one attached hydrogen (secondary N) is 1. The molecule has 0 bridgehead atoms. The molecule has 0 unspecified atom stereocenters. The molecule has 1 saturated carbocycles. The van der Waals surface area contributed by atoms with Gasteiger partial charge in [-0.05, 0) is 24.1 Å². The third-order valence-electron chi connectivity index (χ3n) is 3.73. The molecule has 1 heterocycles. The first-order chi connectivity index (χ1) is 11.0. The van der Waals surface area contributed by atoms with Crippen molar-refractivity contribution in [3.05, 3.63) is 46.9 Å². The van der Waals surface area contributed by atoms with Crippen molar-refractivity contribution in [3.8, 4) is 0 Å². The predicted molar refractivity (Wildman–Crippen MR) is 80.6 cm³/mol. The molecule has 1 aliphatic rings. The van der Waals surface area contributed by atoms with Gasteiger partial charge >= 0.3 is 5.97 Å². The second-order valence-electron chi connectivity index (χ2n) is 5.40. The van der Waals surface area contributed by atoms with Crippen LogP contribution in [0.25, 0.3) is 0 Å². The van der Waals surface area contributed by atoms with Crippen molar-refractivity contribution in [2.24, 2.45) is 11.8 Å². The van der Waals surface area contributed by atoms with Crippen molar-refractivity contribution in [3.63, 3.8) is 0 Å². The number of aromatic nitrogens is 2. The third kappa shape index (κ3) is 3.34. The van der Waals surface area contributed by atoms with Crippen LogP contribution in [0.15, 0.2) is 30.5 Å². The lowest BCUT2D eigenvalue weighted by Gasteiger charge is -2.09. The quantitative estimate of drug-likeness (QED) is 0.877. The van der Waals surface area contributed by atoms with Crippen LogP contribution in [0.5, 0.6) is 0 Å². The summed E-state index contributed by atoms with van der Waals surface area (Å²) in [4.78, 5) is 22.8. The van der Waals surface area contributed by atoms with Crippen molar-refractivity contribution in [1.82, 2.24) is 9.78 Å². The highest BCUT2D eigenvalue weighted by Gasteiger charge is 2.48. The highest BCUT2D eigenvalue weighted by Crippen LogP contribution is 2.39. The van der Waals surface area contributed by atoms with Crippen molar-refractivity contribution in [1.29, 1.82) is 0 Å². The fraction of sp³-hybridized carbons (Fsp3) is 0.267. The zero-order valence-electron chi connectivity index (χ0n) is 11.9. The van der Waals surface area contributed by atoms with E-state index < -0.39 is 23.6 Å². The lowest BCUT2D eigenvalue weighted by atomic mass is 10.2. The first kappa shape index (κ1) is 15.5. The van der Waals surface area contributed by atoms with Crippen LogP contribution in [0, 0.1) is 17.7 Å². The average Bonchev–Trinajstić information content (AvgIpc) is 3.21. The van der Waals surface area contributed by atoms with Crippen LogP contribution in [0.4, 0.5) is 10.2 Å². The van der Waals surface area contributed by atoms with Gasteiger partial charge in [0.25, 0.3) is 0 Å². The lowest BCUT2D eigenvalue weighted by molar-refractivity contribution is -0.139. The van der Waals surface area contributed by atoms with Gasteiger partial charge in [0.1, 0.15) is 11.6 Å². The van der Waals surface area contributed by atoms with Crippen LogP contribution in [-0.2, 0) is 16.1 Å². The molecule has 2 atom stereocenters. The summed E-state index contributed by atoms with van der Waals surface area (Å²) in [5, 5.41) is 15.6. The van der Waals surface area contributed by atoms with Crippen LogP contribution in [0.1, 0.15) is 12.0 Å². The van der Waals surface area contributed by atoms with Gasteiger partial charge in [-0.1, -0.05) is 17.7 Å². The molecule has 0 radical (unpaired) electrons. The number of anilines is 1. The highest BCUT2D eigenvalue weighted by molar-refractivity contribution is 6.30. The second kappa shape index (κ2) is 6.00. The van der Waals surface area contributed by atoms with Crippen molar-refractivity contribution in [2.75, 3.05) is 5.32 Å². The number of hydrogen-bond donors (Lipinski definition) is 2. The molecule has 1 aromatic carbocycles. The van der Waals surface area contributed by atoms with Gasteiger partial charge in [0.15, 0.2) is 0 Å². The van der Waals surface area contributed by atoms with E-state index in [1.165, 1.54) is 23.0 Å². The topological polar surface area (TPSA) is 84.2 Å². The molecule has 120 valence electrons. The van der Waals surface area contributed by atoms with Gasteiger partial charge in [-0.3, -0.25) is 9.59 Å². The Bertz CT molecular complexity index is 777. The van der Waals surface area contributed by atoms with Gasteiger partial charge in [0, 0.05) is 6.07 Å². The van der Waals surface area contributed by atoms with Crippen molar-refractivity contribution < 1.29 is 19.1 Å². The van der Waals surface area contributed by atoms with Crippen LogP contribution in [0.2, 0.25) is 5.02 Å². The minimum atomic E-state index is -0.963. The minimum absolute atomic E-state index is 0.0381. The summed E-state index contributed by atoms with van der Waals surface area (Å²) in [6, 6.07) is 6.02. The van der Waals surface area contributed by atoms with Crippen LogP contribution >= 0.6 is 11.6 Å². The zero-order valence-corrected chi connectivity index (χ0v) is 12.6. The van der Waals surface area contributed by atoms with Crippen molar-refractivity contribution in [2.45, 2.75) is 13.0 Å². The zero-order chi connectivity index (χ0) is 16.6. The standard InChI is InChI=1S/C15H13ClFN3O3/c16-11-2-1-8(5-12(11)17)7-20-13(3-4-18-20)19-14(21)9-6-10(9)15(22)23/h1-5,9-10H,6-7H2,(H,19,21)(H,22,23)/t9-,10-/m1/s1. The largest absolute Gasteiger partial charge is 0.481 e. The molecule has 0 saturated heterocycles. The molecule has 0 aliphatic heterocycles. The molecule has 8 heteroatoms. The smallest absolute Gasteiger partial charge is 0.307 e. The predicted octanol–water partition coefficient (Wildman–Crippen LogP) is 2.38. The Morgan fingerprint density at radius 2 is 2.17 bits per heavy atom. The van der Waals surface area contributed by atoms with E-state index >= 15 is 0 Å². The van der Waals surface area contributed by atoms with Gasteiger partial charge in [0.05, 0.1) is 29.6 Å². The van der Waals surface area contributed by atoms with E-state index in [2.05, 4.69) is 10.4 Å². The van der Waals surface area contributed by atoms with E-state index in [-0.39, 0.29) is 17.5 Å². The third-order valence-corrected chi connectivity index (χ3v) is 4.04. The van der Waals surface area contributed by atoms with E-state index in [0.717, 1.165) is 0 Å². The maximum atomic E-state index is 13.5. The van der Waals surface area contributed by atoms with E-state index in [1.54, 1.807) is 12.1 Å². The fourth-order valence-corrected chi connectivity index (χ4v) is 2.47. The monoisotopic (exact) mass is 337 g/mol. The normalized spacial score (nSPS) is 19.4. The SMILES string of the molecule is O=C(O)[C@@H]1C[C@H]1C(=O)Nc1ccnn1Cc1ccc(Cl)c(F)c1. The molecule has 2 N–H and O–H groups in total. The summed E-state index contributed by atoms with van der Waals surface area (Å²) in [6.45, 7) is 0.254. The number of amides is 1. The summed E-state index contributed by atoms with van der Waals surface area (Å²) < 4.78 is 15.0. The molecule has 1 aliphatic carbocycles. The number of carbonyl (C=O) groups is 2. The lowest BCUT2D eigenvalue weighted by Crippen LogP contribution is -2.19. The van der Waals surface area contributed by atoms with E-state index in [4.69, 9.17) is 16.7 Å². The maximum Gasteiger partial charge on any atom is 0.307 e. The number of aliphatic carboxylic acids is 1. The van der Waals surface area contributed by atoms with Gasteiger partial charge < -0.3 is 10.4 Å². The number of nitrogens with zero attached hydrogens (tertiary/aromatic N) is 2. The molecule has 1 fully saturated rings. The van der Waals surface area contributed by atoms with Gasteiger partial charge in [-0.15, -0.1) is 0 Å². The number of benzene rings is 1. The minimum Gasteiger partial charge on any atom is -0.481 e. The summed E-state index contributed by atoms with van der Waals surface area (Å²) in [7, 11) is 0. The van der Waals surface area contributed by atoms with Crippen LogP contribution < -0.4 is 5.32 Å². The maximum absolute atomic E-state index is 13.5. The molecular weight excluding hydrogens is 325 g/mol. The Kier molecular flexibility index (Phi) is 4.04. The molecule has 0 spiro atoms. The van der Waals surface area contributed by atoms with Gasteiger partial charge in [0.2, 0.25) is 5.91 Å². The molecular formula is C15H13ClFN3O3. The average molecular weight is 338 g/mol. The molecule has 6 nitrogen and oxygen atoms in total. The Hall–Kier alpha value is -2.41. The Labute approximate surface area is 135 Å². The summed E-state index contributed by atoms with van der Waals surface area (Å²) >= 11 is 5.64. The Morgan fingerprint density at radius 1 is 1.39 bits per heavy atom. The van der Waals surface area contributed by atoms with Crippen LogP contribution in [0.3, 0.4) is 0 Å². The first-order valence-corrected chi connectivity index (χ1v) is 7.33. The van der Waals surface area contributed by atoms with Gasteiger partial charge in [-0.2, -0.15) is 5.10 Å². The van der Waals surface area contributed by atoms with E-state index in [1.807, 2.05) is 0 Å². The molecule has 1 amide bonds. The Morgan fingerprint density at radius 3 is 2.83 bits per heavy atom. The van der Waals surface area contributed by atoms with Crippen LogP contribution in [-0.4, -0.2) is 26.8 Å². The van der Waals surface area contributed by atoms with Crippen molar-refractivity contribution >= 4 is 29.3 Å². The molecule has 23 heavy (non-hydrogen) atoms. The Balaban J connectivity index is 1.69. The molecule has 2 aromatic rings. The molecule has 3 rings (SSSR count).